The lowest BCUT2D eigenvalue weighted by atomic mass is 10.2. The molecule has 1 amide bonds. The third kappa shape index (κ3) is 2.30. The second-order valence-electron chi connectivity index (χ2n) is 2.93. The molecule has 72 valence electrons. The molecule has 0 fully saturated rings. The molecule has 0 aliphatic heterocycles. The maximum absolute atomic E-state index is 11.4. The van der Waals surface area contributed by atoms with E-state index in [1.807, 2.05) is 13.0 Å². The first-order chi connectivity index (χ1) is 6.65. The lowest BCUT2D eigenvalue weighted by molar-refractivity contribution is 0.0957. The summed E-state index contributed by atoms with van der Waals surface area (Å²) in [5.74, 6) is -0.253. The molecule has 4 nitrogen and oxygen atoms in total. The molecule has 14 heavy (non-hydrogen) atoms. The number of hydrogen-bond donors (Lipinski definition) is 1. The smallest absolute Gasteiger partial charge is 0.253 e. The number of carbonyl (C=O) groups excluding carboxylic acids is 1. The molecule has 1 aromatic rings. The van der Waals surface area contributed by atoms with Crippen LogP contribution in [0.2, 0.25) is 0 Å². The maximum atomic E-state index is 11.4. The van der Waals surface area contributed by atoms with E-state index in [0.717, 1.165) is 5.69 Å². The lowest BCUT2D eigenvalue weighted by Gasteiger charge is -2.04. The number of hydrogen-bond acceptors (Lipinski definition) is 3. The number of carbonyl (C=O) groups is 1. The summed E-state index contributed by atoms with van der Waals surface area (Å²) in [6.07, 6.45) is 0. The normalized spacial score (nSPS) is 9.21. The van der Waals surface area contributed by atoms with E-state index in [2.05, 4.69) is 10.3 Å². The molecule has 0 saturated carbocycles. The van der Waals surface area contributed by atoms with Gasteiger partial charge in [-0.25, -0.2) is 0 Å². The van der Waals surface area contributed by atoms with Gasteiger partial charge >= 0.3 is 0 Å². The van der Waals surface area contributed by atoms with Crippen molar-refractivity contribution in [2.24, 2.45) is 0 Å². The Kier molecular flexibility index (Phi) is 3.19. The van der Waals surface area contributed by atoms with Gasteiger partial charge in [0.2, 0.25) is 0 Å². The summed E-state index contributed by atoms with van der Waals surface area (Å²) in [7, 11) is 0. The number of rotatable bonds is 2. The monoisotopic (exact) mass is 189 g/mol. The molecule has 0 saturated heterocycles. The second-order valence-corrected chi connectivity index (χ2v) is 2.93. The first kappa shape index (κ1) is 10.2. The molecule has 0 aliphatic rings. The largest absolute Gasteiger partial charge is 0.339 e. The summed E-state index contributed by atoms with van der Waals surface area (Å²) < 4.78 is 0. The Hall–Kier alpha value is -1.89. The summed E-state index contributed by atoms with van der Waals surface area (Å²) in [4.78, 5) is 15.6. The van der Waals surface area contributed by atoms with E-state index in [0.29, 0.717) is 11.3 Å². The third-order valence-electron chi connectivity index (χ3n) is 1.80. The highest BCUT2D eigenvalue weighted by atomic mass is 16.1. The molecule has 0 unspecified atom stereocenters. The third-order valence-corrected chi connectivity index (χ3v) is 1.80. The number of aryl methyl sites for hydroxylation is 2. The van der Waals surface area contributed by atoms with E-state index >= 15 is 0 Å². The zero-order valence-electron chi connectivity index (χ0n) is 8.16. The number of nitrogens with one attached hydrogen (secondary N) is 1. The minimum atomic E-state index is -0.253. The van der Waals surface area contributed by atoms with Gasteiger partial charge in [0, 0.05) is 5.69 Å². The number of pyridine rings is 1. The van der Waals surface area contributed by atoms with Crippen LogP contribution in [0, 0.1) is 25.2 Å². The molecule has 4 heteroatoms. The Morgan fingerprint density at radius 3 is 2.86 bits per heavy atom. The second kappa shape index (κ2) is 4.38. The summed E-state index contributed by atoms with van der Waals surface area (Å²) in [5.41, 5.74) is 2.07. The van der Waals surface area contributed by atoms with Crippen LogP contribution in [-0.2, 0) is 0 Å². The summed E-state index contributed by atoms with van der Waals surface area (Å²) >= 11 is 0. The highest BCUT2D eigenvalue weighted by Crippen LogP contribution is 2.05. The van der Waals surface area contributed by atoms with E-state index < -0.39 is 0 Å². The van der Waals surface area contributed by atoms with Gasteiger partial charge in [-0.1, -0.05) is 0 Å². The van der Waals surface area contributed by atoms with Crippen molar-refractivity contribution in [3.63, 3.8) is 0 Å². The number of aromatic nitrogens is 1. The molecular weight excluding hydrogens is 178 g/mol. The lowest BCUT2D eigenvalue weighted by Crippen LogP contribution is -2.24. The predicted molar refractivity (Wildman–Crippen MR) is 51.7 cm³/mol. The minimum absolute atomic E-state index is 0.0200. The number of nitriles is 1. The van der Waals surface area contributed by atoms with E-state index in [1.165, 1.54) is 0 Å². The Balaban J connectivity index is 2.86. The standard InChI is InChI=1S/C10H11N3O/c1-7-3-4-9(8(2)13-7)10(14)12-6-5-11/h3-4H,6H2,1-2H3,(H,12,14). The number of nitrogens with zero attached hydrogens (tertiary/aromatic N) is 2. The van der Waals surface area contributed by atoms with Crippen LogP contribution in [0.15, 0.2) is 12.1 Å². The molecule has 1 N–H and O–H groups in total. The van der Waals surface area contributed by atoms with Crippen molar-refractivity contribution in [2.45, 2.75) is 13.8 Å². The summed E-state index contributed by atoms with van der Waals surface area (Å²) in [5, 5.41) is 10.8. The van der Waals surface area contributed by atoms with E-state index in [4.69, 9.17) is 5.26 Å². The Labute approximate surface area is 82.6 Å². The van der Waals surface area contributed by atoms with Crippen molar-refractivity contribution in [1.82, 2.24) is 10.3 Å². The molecule has 1 aromatic heterocycles. The zero-order valence-corrected chi connectivity index (χ0v) is 8.16. The van der Waals surface area contributed by atoms with Gasteiger partial charge in [-0.2, -0.15) is 5.26 Å². The molecule has 0 aromatic carbocycles. The van der Waals surface area contributed by atoms with Gasteiger partial charge in [-0.15, -0.1) is 0 Å². The predicted octanol–water partition coefficient (Wildman–Crippen LogP) is 0.952. The van der Waals surface area contributed by atoms with Crippen LogP contribution in [0.4, 0.5) is 0 Å². The summed E-state index contributed by atoms with van der Waals surface area (Å²) in [6, 6.07) is 5.33. The first-order valence-corrected chi connectivity index (χ1v) is 4.24. The Morgan fingerprint density at radius 2 is 2.29 bits per heavy atom. The highest BCUT2D eigenvalue weighted by molar-refractivity contribution is 5.95. The van der Waals surface area contributed by atoms with Crippen LogP contribution in [0.5, 0.6) is 0 Å². The van der Waals surface area contributed by atoms with Crippen LogP contribution in [0.3, 0.4) is 0 Å². The molecule has 1 rings (SSSR count). The topological polar surface area (TPSA) is 65.8 Å². The molecule has 0 spiro atoms. The quantitative estimate of drug-likeness (QED) is 0.704. The van der Waals surface area contributed by atoms with E-state index in [-0.39, 0.29) is 12.5 Å². The minimum Gasteiger partial charge on any atom is -0.339 e. The van der Waals surface area contributed by atoms with Gasteiger partial charge in [0.05, 0.1) is 17.3 Å². The van der Waals surface area contributed by atoms with Crippen molar-refractivity contribution < 1.29 is 4.79 Å². The van der Waals surface area contributed by atoms with Crippen molar-refractivity contribution in [1.29, 1.82) is 5.26 Å². The number of amides is 1. The van der Waals surface area contributed by atoms with Crippen LogP contribution in [0.25, 0.3) is 0 Å². The zero-order chi connectivity index (χ0) is 10.6. The SMILES string of the molecule is Cc1ccc(C(=O)NCC#N)c(C)n1. The van der Waals surface area contributed by atoms with Gasteiger partial charge in [-0.05, 0) is 26.0 Å². The van der Waals surface area contributed by atoms with Gasteiger partial charge < -0.3 is 5.32 Å². The summed E-state index contributed by atoms with van der Waals surface area (Å²) in [6.45, 7) is 3.66. The molecule has 0 bridgehead atoms. The first-order valence-electron chi connectivity index (χ1n) is 4.24. The van der Waals surface area contributed by atoms with Crippen LogP contribution in [0.1, 0.15) is 21.7 Å². The fourth-order valence-corrected chi connectivity index (χ4v) is 1.14. The van der Waals surface area contributed by atoms with Crippen LogP contribution in [-0.4, -0.2) is 17.4 Å². The van der Waals surface area contributed by atoms with Crippen molar-refractivity contribution in [3.05, 3.63) is 29.1 Å². The van der Waals surface area contributed by atoms with Crippen LogP contribution < -0.4 is 5.32 Å². The average molecular weight is 189 g/mol. The van der Waals surface area contributed by atoms with Crippen molar-refractivity contribution in [2.75, 3.05) is 6.54 Å². The molecule has 0 atom stereocenters. The molecule has 1 heterocycles. The van der Waals surface area contributed by atoms with Gasteiger partial charge in [0.1, 0.15) is 6.54 Å². The fourth-order valence-electron chi connectivity index (χ4n) is 1.14. The average Bonchev–Trinajstić information content (AvgIpc) is 2.14. The van der Waals surface area contributed by atoms with Crippen molar-refractivity contribution in [3.8, 4) is 6.07 Å². The van der Waals surface area contributed by atoms with E-state index in [9.17, 15) is 4.79 Å². The highest BCUT2D eigenvalue weighted by Gasteiger charge is 2.08. The Bertz CT molecular complexity index is 393. The van der Waals surface area contributed by atoms with Crippen LogP contribution >= 0.6 is 0 Å². The van der Waals surface area contributed by atoms with Gasteiger partial charge in [0.15, 0.2) is 0 Å². The molecule has 0 aliphatic carbocycles. The van der Waals surface area contributed by atoms with Gasteiger partial charge in [-0.3, -0.25) is 9.78 Å². The fraction of sp³-hybridized carbons (Fsp3) is 0.300. The molecule has 0 radical (unpaired) electrons. The Morgan fingerprint density at radius 1 is 1.57 bits per heavy atom. The van der Waals surface area contributed by atoms with Gasteiger partial charge in [0.25, 0.3) is 5.91 Å². The molecular formula is C10H11N3O. The maximum Gasteiger partial charge on any atom is 0.253 e. The van der Waals surface area contributed by atoms with Crippen molar-refractivity contribution >= 4 is 5.91 Å². The van der Waals surface area contributed by atoms with E-state index in [1.54, 1.807) is 19.1 Å².